The Morgan fingerprint density at radius 1 is 1.44 bits per heavy atom. The fourth-order valence-electron chi connectivity index (χ4n) is 1.73. The Bertz CT molecular complexity index is 526. The summed E-state index contributed by atoms with van der Waals surface area (Å²) in [6, 6.07) is 6.57. The highest BCUT2D eigenvalue weighted by Crippen LogP contribution is 2.19. The minimum absolute atomic E-state index is 0.00512. The molecule has 2 rings (SSSR count). The Morgan fingerprint density at radius 2 is 2.22 bits per heavy atom. The van der Waals surface area contributed by atoms with E-state index in [1.54, 1.807) is 13.0 Å². The molecule has 0 amide bonds. The molecule has 0 radical (unpaired) electrons. The number of nitrogens with zero attached hydrogens (tertiary/aromatic N) is 3. The van der Waals surface area contributed by atoms with Gasteiger partial charge in [-0.15, -0.1) is 0 Å². The molecule has 1 atom stereocenters. The lowest BCUT2D eigenvalue weighted by Crippen LogP contribution is -2.22. The van der Waals surface area contributed by atoms with Crippen molar-refractivity contribution in [3.8, 4) is 0 Å². The second kappa shape index (κ2) is 5.27. The summed E-state index contributed by atoms with van der Waals surface area (Å²) < 4.78 is 18.2. The van der Waals surface area contributed by atoms with Crippen molar-refractivity contribution in [1.29, 1.82) is 0 Å². The molecule has 4 nitrogen and oxygen atoms in total. The first-order valence-electron chi connectivity index (χ1n) is 5.81. The molecule has 1 aromatic heterocycles. The number of rotatable bonds is 4. The molecule has 0 fully saturated rings. The van der Waals surface area contributed by atoms with Gasteiger partial charge in [0.1, 0.15) is 5.82 Å². The zero-order chi connectivity index (χ0) is 13.1. The molecular weight excluding hydrogens is 233 g/mol. The number of aryl methyl sites for hydroxylation is 1. The average Bonchev–Trinajstić information content (AvgIpc) is 2.75. The quantitative estimate of drug-likeness (QED) is 0.835. The largest absolute Gasteiger partial charge is 0.338 e. The maximum absolute atomic E-state index is 13.1. The van der Waals surface area contributed by atoms with E-state index < -0.39 is 0 Å². The summed E-state index contributed by atoms with van der Waals surface area (Å²) in [7, 11) is 1.94. The van der Waals surface area contributed by atoms with E-state index in [4.69, 9.17) is 4.52 Å². The monoisotopic (exact) mass is 249 g/mol. The minimum Gasteiger partial charge on any atom is -0.338 e. The molecule has 0 spiro atoms. The van der Waals surface area contributed by atoms with Crippen LogP contribution >= 0.6 is 0 Å². The van der Waals surface area contributed by atoms with Crippen LogP contribution in [0.25, 0.3) is 0 Å². The maximum Gasteiger partial charge on any atom is 0.243 e. The number of benzene rings is 1. The van der Waals surface area contributed by atoms with E-state index in [2.05, 4.69) is 10.1 Å². The molecule has 0 aliphatic carbocycles. The molecule has 0 aliphatic rings. The van der Waals surface area contributed by atoms with Gasteiger partial charge < -0.3 is 4.52 Å². The zero-order valence-corrected chi connectivity index (χ0v) is 10.7. The Balaban J connectivity index is 2.05. The molecule has 5 heteroatoms. The number of aromatic nitrogens is 2. The van der Waals surface area contributed by atoms with Gasteiger partial charge in [0.15, 0.2) is 5.82 Å². The summed E-state index contributed by atoms with van der Waals surface area (Å²) in [5, 5.41) is 3.77. The highest BCUT2D eigenvalue weighted by molar-refractivity contribution is 5.16. The highest BCUT2D eigenvalue weighted by Gasteiger charge is 2.17. The predicted octanol–water partition coefficient (Wildman–Crippen LogP) is 2.71. The van der Waals surface area contributed by atoms with E-state index in [0.717, 1.165) is 5.56 Å². The predicted molar refractivity (Wildman–Crippen MR) is 65.3 cm³/mol. The van der Waals surface area contributed by atoms with Crippen molar-refractivity contribution in [3.05, 3.63) is 47.4 Å². The highest BCUT2D eigenvalue weighted by atomic mass is 19.1. The second-order valence-corrected chi connectivity index (χ2v) is 4.40. The van der Waals surface area contributed by atoms with E-state index in [-0.39, 0.29) is 11.9 Å². The normalized spacial score (nSPS) is 12.9. The zero-order valence-electron chi connectivity index (χ0n) is 10.7. The number of halogens is 1. The third-order valence-electron chi connectivity index (χ3n) is 2.88. The summed E-state index contributed by atoms with van der Waals surface area (Å²) in [4.78, 5) is 6.23. The lowest BCUT2D eigenvalue weighted by Gasteiger charge is -2.21. The van der Waals surface area contributed by atoms with E-state index >= 15 is 0 Å². The van der Waals surface area contributed by atoms with Crippen molar-refractivity contribution in [2.75, 3.05) is 7.05 Å². The average molecular weight is 249 g/mol. The Hall–Kier alpha value is -1.75. The van der Waals surface area contributed by atoms with E-state index in [0.29, 0.717) is 18.3 Å². The summed E-state index contributed by atoms with van der Waals surface area (Å²) in [5.74, 6) is 0.976. The summed E-state index contributed by atoms with van der Waals surface area (Å²) >= 11 is 0. The smallest absolute Gasteiger partial charge is 0.243 e. The fraction of sp³-hybridized carbons (Fsp3) is 0.385. The first kappa shape index (κ1) is 12.7. The molecule has 0 saturated heterocycles. The van der Waals surface area contributed by atoms with Crippen LogP contribution in [0, 0.1) is 12.7 Å². The van der Waals surface area contributed by atoms with Gasteiger partial charge in [-0.1, -0.05) is 17.3 Å². The second-order valence-electron chi connectivity index (χ2n) is 4.40. The van der Waals surface area contributed by atoms with Crippen molar-refractivity contribution < 1.29 is 8.91 Å². The Kier molecular flexibility index (Phi) is 3.72. The lowest BCUT2D eigenvalue weighted by atomic mass is 10.2. The van der Waals surface area contributed by atoms with Gasteiger partial charge in [-0.3, -0.25) is 4.90 Å². The molecule has 0 aliphatic heterocycles. The van der Waals surface area contributed by atoms with Crippen LogP contribution < -0.4 is 0 Å². The first-order valence-corrected chi connectivity index (χ1v) is 5.81. The molecule has 1 aromatic carbocycles. The molecule has 2 aromatic rings. The van der Waals surface area contributed by atoms with Crippen LogP contribution in [0.15, 0.2) is 28.8 Å². The number of hydrogen-bond donors (Lipinski definition) is 0. The van der Waals surface area contributed by atoms with Gasteiger partial charge in [0.2, 0.25) is 5.89 Å². The van der Waals surface area contributed by atoms with Crippen LogP contribution in [0.1, 0.15) is 30.2 Å². The van der Waals surface area contributed by atoms with E-state index in [1.807, 2.05) is 24.9 Å². The van der Waals surface area contributed by atoms with Gasteiger partial charge in [-0.05, 0) is 38.6 Å². The van der Waals surface area contributed by atoms with Gasteiger partial charge >= 0.3 is 0 Å². The van der Waals surface area contributed by atoms with E-state index in [1.165, 1.54) is 12.1 Å². The van der Waals surface area contributed by atoms with Crippen LogP contribution in [0.2, 0.25) is 0 Å². The summed E-state index contributed by atoms with van der Waals surface area (Å²) in [5.41, 5.74) is 0.917. The molecule has 96 valence electrons. The molecular formula is C13H16FN3O. The van der Waals surface area contributed by atoms with Crippen molar-refractivity contribution in [2.45, 2.75) is 26.4 Å². The molecule has 0 saturated carbocycles. The fourth-order valence-corrected chi connectivity index (χ4v) is 1.73. The van der Waals surface area contributed by atoms with E-state index in [9.17, 15) is 4.39 Å². The van der Waals surface area contributed by atoms with Crippen LogP contribution in [0.4, 0.5) is 4.39 Å². The van der Waals surface area contributed by atoms with Crippen molar-refractivity contribution >= 4 is 0 Å². The standard InChI is InChI=1S/C13H16FN3O/c1-9(13-15-10(2)16-18-13)17(3)8-11-5-4-6-12(14)7-11/h4-7,9H,8H2,1-3H3. The van der Waals surface area contributed by atoms with Crippen LogP contribution in [0.5, 0.6) is 0 Å². The van der Waals surface area contributed by atoms with Crippen molar-refractivity contribution in [1.82, 2.24) is 15.0 Å². The van der Waals surface area contributed by atoms with Gasteiger partial charge in [-0.2, -0.15) is 4.98 Å². The summed E-state index contributed by atoms with van der Waals surface area (Å²) in [6.45, 7) is 4.39. The van der Waals surface area contributed by atoms with Crippen LogP contribution in [-0.4, -0.2) is 22.1 Å². The van der Waals surface area contributed by atoms with Gasteiger partial charge in [0.25, 0.3) is 0 Å². The van der Waals surface area contributed by atoms with Gasteiger partial charge in [0.05, 0.1) is 6.04 Å². The topological polar surface area (TPSA) is 42.2 Å². The van der Waals surface area contributed by atoms with Crippen LogP contribution in [0.3, 0.4) is 0 Å². The van der Waals surface area contributed by atoms with Crippen LogP contribution in [-0.2, 0) is 6.54 Å². The maximum atomic E-state index is 13.1. The first-order chi connectivity index (χ1) is 8.56. The molecule has 0 N–H and O–H groups in total. The third-order valence-corrected chi connectivity index (χ3v) is 2.88. The minimum atomic E-state index is -0.220. The SMILES string of the molecule is Cc1noc(C(C)N(C)Cc2cccc(F)c2)n1. The number of hydrogen-bond acceptors (Lipinski definition) is 4. The van der Waals surface area contributed by atoms with Crippen molar-refractivity contribution in [3.63, 3.8) is 0 Å². The third kappa shape index (κ3) is 2.92. The Morgan fingerprint density at radius 3 is 2.83 bits per heavy atom. The molecule has 1 unspecified atom stereocenters. The Labute approximate surface area is 105 Å². The molecule has 1 heterocycles. The van der Waals surface area contributed by atoms with Crippen molar-refractivity contribution in [2.24, 2.45) is 0 Å². The summed E-state index contributed by atoms with van der Waals surface area (Å²) in [6.07, 6.45) is 0. The van der Waals surface area contributed by atoms with Gasteiger partial charge in [-0.25, -0.2) is 4.39 Å². The lowest BCUT2D eigenvalue weighted by molar-refractivity contribution is 0.202. The molecule has 0 bridgehead atoms. The van der Waals surface area contributed by atoms with Gasteiger partial charge in [0, 0.05) is 6.54 Å². The molecule has 18 heavy (non-hydrogen) atoms.